The molecule has 3 rings (SSSR count). The molecule has 0 saturated heterocycles. The number of ether oxygens (including phenoxy) is 2. The molecule has 9 heteroatoms. The van der Waals surface area contributed by atoms with E-state index in [2.05, 4.69) is 20.6 Å². The number of hydrogen-bond acceptors (Lipinski definition) is 4. The standard InChI is InChI=1S/C30H22ClN6O2/c1-29(2)22(21(17-34)26(38-29)20(15-32)16-33)13-11-18-9-8-10-19(24(18)31)12-14-23-25(35-5)27(28(36-6)37-7)39-30(23,3)4/h11-14H,8-10H2,1-4H3/q-1/b14-12+,18-11+,22-13-. The summed E-state index contributed by atoms with van der Waals surface area (Å²) in [7, 11) is 0. The second kappa shape index (κ2) is 11.2. The average molecular weight is 534 g/mol. The van der Waals surface area contributed by atoms with Crippen molar-refractivity contribution in [3.05, 3.63) is 125 Å². The van der Waals surface area contributed by atoms with Crippen molar-refractivity contribution in [1.29, 1.82) is 10.5 Å². The third-order valence-electron chi connectivity index (χ3n) is 6.43. The SMILES string of the molecule is [C-]#[N+]C([N+]#[C-])=C1OC(C)(C)C(/C=C/C2=C(Cl)C(=C/C=C3/C(C#N)=C(C(=C=[N-])C#N)OC3(C)C)/CCC2)=C1[N+]#[C-]. The van der Waals surface area contributed by atoms with E-state index in [0.717, 1.165) is 17.6 Å². The lowest BCUT2D eigenvalue weighted by Crippen LogP contribution is -2.21. The van der Waals surface area contributed by atoms with Crippen LogP contribution in [0.1, 0.15) is 47.0 Å². The molecule has 0 aromatic rings. The van der Waals surface area contributed by atoms with Crippen molar-refractivity contribution < 1.29 is 9.47 Å². The van der Waals surface area contributed by atoms with Gasteiger partial charge >= 0.3 is 5.82 Å². The molecule has 8 nitrogen and oxygen atoms in total. The van der Waals surface area contributed by atoms with Gasteiger partial charge in [-0.3, -0.25) is 0 Å². The van der Waals surface area contributed by atoms with Crippen LogP contribution >= 0.6 is 11.6 Å². The summed E-state index contributed by atoms with van der Waals surface area (Å²) in [6.07, 6.45) is 9.36. The molecular formula is C30H22ClN6O2-. The smallest absolute Gasteiger partial charge is 0.550 e. The molecule has 1 aliphatic carbocycles. The summed E-state index contributed by atoms with van der Waals surface area (Å²) in [4.78, 5) is 9.94. The monoisotopic (exact) mass is 533 g/mol. The molecule has 2 aliphatic heterocycles. The van der Waals surface area contributed by atoms with Crippen molar-refractivity contribution >= 4 is 17.5 Å². The first-order valence-corrected chi connectivity index (χ1v) is 12.2. The zero-order chi connectivity index (χ0) is 29.0. The van der Waals surface area contributed by atoms with E-state index in [4.69, 9.17) is 40.8 Å². The first kappa shape index (κ1) is 28.5. The van der Waals surface area contributed by atoms with Gasteiger partial charge in [-0.2, -0.15) is 20.2 Å². The zero-order valence-electron chi connectivity index (χ0n) is 21.8. The third-order valence-corrected chi connectivity index (χ3v) is 6.91. The van der Waals surface area contributed by atoms with Crippen LogP contribution in [0.4, 0.5) is 0 Å². The second-order valence-electron chi connectivity index (χ2n) is 9.69. The van der Waals surface area contributed by atoms with E-state index in [1.165, 1.54) is 0 Å². The Balaban J connectivity index is 2.07. The van der Waals surface area contributed by atoms with Crippen LogP contribution in [0.25, 0.3) is 19.9 Å². The predicted octanol–water partition coefficient (Wildman–Crippen LogP) is 7.34. The Kier molecular flexibility index (Phi) is 8.16. The van der Waals surface area contributed by atoms with Crippen molar-refractivity contribution in [2.45, 2.75) is 58.2 Å². The molecule has 0 aromatic heterocycles. The fourth-order valence-corrected chi connectivity index (χ4v) is 4.81. The Bertz CT molecular complexity index is 1620. The third kappa shape index (κ3) is 5.34. The van der Waals surface area contributed by atoms with E-state index in [1.807, 2.05) is 12.2 Å². The molecule has 0 N–H and O–H groups in total. The molecule has 0 spiro atoms. The van der Waals surface area contributed by atoms with Crippen molar-refractivity contribution in [1.82, 2.24) is 0 Å². The Labute approximate surface area is 233 Å². The number of allylic oxidation sites excluding steroid dienone is 7. The minimum atomic E-state index is -0.929. The van der Waals surface area contributed by atoms with Crippen LogP contribution in [-0.4, -0.2) is 17.1 Å². The molecule has 3 aliphatic rings. The molecule has 0 aromatic carbocycles. The first-order chi connectivity index (χ1) is 18.5. The number of nitrogens with zero attached hydrogens (tertiary/aromatic N) is 6. The summed E-state index contributed by atoms with van der Waals surface area (Å²) >= 11 is 6.79. The Morgan fingerprint density at radius 1 is 1.03 bits per heavy atom. The van der Waals surface area contributed by atoms with Gasteiger partial charge in [-0.25, -0.2) is 10.7 Å². The lowest BCUT2D eigenvalue weighted by molar-refractivity contribution is 0.0948. The van der Waals surface area contributed by atoms with E-state index < -0.39 is 11.2 Å². The molecule has 0 amide bonds. The molecular weight excluding hydrogens is 512 g/mol. The van der Waals surface area contributed by atoms with E-state index in [9.17, 15) is 15.9 Å². The lowest BCUT2D eigenvalue weighted by Gasteiger charge is -2.22. The maximum absolute atomic E-state index is 9.76. The summed E-state index contributed by atoms with van der Waals surface area (Å²) < 4.78 is 11.6. The van der Waals surface area contributed by atoms with Gasteiger partial charge in [0.05, 0.1) is 6.57 Å². The van der Waals surface area contributed by atoms with E-state index in [1.54, 1.807) is 51.8 Å². The van der Waals surface area contributed by atoms with Crippen LogP contribution in [-0.2, 0) is 9.47 Å². The molecule has 0 atom stereocenters. The van der Waals surface area contributed by atoms with Crippen LogP contribution in [0.5, 0.6) is 0 Å². The fraction of sp³-hybridized carbons (Fsp3) is 0.300. The molecule has 2 heterocycles. The highest BCUT2D eigenvalue weighted by molar-refractivity contribution is 6.32. The van der Waals surface area contributed by atoms with Gasteiger partial charge in [-0.05, 0) is 58.1 Å². The Morgan fingerprint density at radius 2 is 1.72 bits per heavy atom. The van der Waals surface area contributed by atoms with Gasteiger partial charge in [-0.15, -0.1) is 0 Å². The van der Waals surface area contributed by atoms with Gasteiger partial charge in [0.15, 0.2) is 5.76 Å². The van der Waals surface area contributed by atoms with E-state index in [-0.39, 0.29) is 34.2 Å². The second-order valence-corrected chi connectivity index (χ2v) is 10.1. The summed E-state index contributed by atoms with van der Waals surface area (Å²) in [5.41, 5.74) is 0.936. The van der Waals surface area contributed by atoms with Crippen LogP contribution < -0.4 is 0 Å². The molecule has 0 radical (unpaired) electrons. The maximum atomic E-state index is 9.76. The van der Waals surface area contributed by atoms with Crippen LogP contribution in [0.2, 0.25) is 0 Å². The van der Waals surface area contributed by atoms with Crippen LogP contribution in [0.15, 0.2) is 85.8 Å². The zero-order valence-corrected chi connectivity index (χ0v) is 22.6. The van der Waals surface area contributed by atoms with Gasteiger partial charge < -0.3 is 14.9 Å². The topological polar surface area (TPSA) is 101 Å². The Hall–Kier alpha value is -5.03. The van der Waals surface area contributed by atoms with Gasteiger partial charge in [0.25, 0.3) is 0 Å². The predicted molar refractivity (Wildman–Crippen MR) is 146 cm³/mol. The van der Waals surface area contributed by atoms with Gasteiger partial charge in [-0.1, -0.05) is 35.9 Å². The van der Waals surface area contributed by atoms with Gasteiger partial charge in [0, 0.05) is 16.2 Å². The van der Waals surface area contributed by atoms with Crippen LogP contribution in [0, 0.1) is 42.4 Å². The average Bonchev–Trinajstić information content (AvgIpc) is 3.31. The minimum Gasteiger partial charge on any atom is -0.762 e. The molecule has 0 unspecified atom stereocenters. The first-order valence-electron chi connectivity index (χ1n) is 11.8. The summed E-state index contributed by atoms with van der Waals surface area (Å²) in [5.74, 6) is 1.46. The van der Waals surface area contributed by atoms with E-state index >= 15 is 0 Å². The Morgan fingerprint density at radius 3 is 2.28 bits per heavy atom. The van der Waals surface area contributed by atoms with Crippen molar-refractivity contribution in [2.24, 2.45) is 0 Å². The van der Waals surface area contributed by atoms with Crippen molar-refractivity contribution in [3.63, 3.8) is 0 Å². The summed E-state index contributed by atoms with van der Waals surface area (Å²) in [6, 6.07) is 3.84. The maximum Gasteiger partial charge on any atom is 0.550 e. The highest BCUT2D eigenvalue weighted by Gasteiger charge is 2.41. The summed E-state index contributed by atoms with van der Waals surface area (Å²) in [6.45, 7) is 29.1. The highest BCUT2D eigenvalue weighted by Crippen LogP contribution is 2.43. The number of hydrogen-bond donors (Lipinski definition) is 0. The largest absolute Gasteiger partial charge is 0.762 e. The van der Waals surface area contributed by atoms with Crippen molar-refractivity contribution in [2.75, 3.05) is 0 Å². The molecule has 0 saturated carbocycles. The van der Waals surface area contributed by atoms with Crippen molar-refractivity contribution in [3.8, 4) is 12.1 Å². The van der Waals surface area contributed by atoms with Gasteiger partial charge in [0.1, 0.15) is 47.6 Å². The fourth-order valence-electron chi connectivity index (χ4n) is 4.49. The van der Waals surface area contributed by atoms with Crippen LogP contribution in [0.3, 0.4) is 0 Å². The quantitative estimate of drug-likeness (QED) is 0.214. The molecule has 0 bridgehead atoms. The van der Waals surface area contributed by atoms with E-state index in [0.29, 0.717) is 29.0 Å². The summed E-state index contributed by atoms with van der Waals surface area (Å²) in [5, 5.41) is 28.8. The number of nitriles is 2. The normalized spacial score (nSPS) is 21.5. The lowest BCUT2D eigenvalue weighted by atomic mass is 9.90. The molecule has 39 heavy (non-hydrogen) atoms. The van der Waals surface area contributed by atoms with Gasteiger partial charge in [0.2, 0.25) is 11.5 Å². The highest BCUT2D eigenvalue weighted by atomic mass is 35.5. The number of rotatable bonds is 4. The molecule has 0 fully saturated rings. The molecule has 192 valence electrons. The number of halogens is 1. The minimum absolute atomic E-state index is 0.00843.